The average molecular weight is 372 g/mol. The molecule has 0 saturated heterocycles. The molecule has 0 aliphatic heterocycles. The molecule has 0 aliphatic rings. The van der Waals surface area contributed by atoms with E-state index in [-0.39, 0.29) is 17.1 Å². The molecular weight excluding hydrogens is 362 g/mol. The van der Waals surface area contributed by atoms with E-state index in [0.29, 0.717) is 6.54 Å². The van der Waals surface area contributed by atoms with Gasteiger partial charge in [0, 0.05) is 25.9 Å². The van der Waals surface area contributed by atoms with Crippen LogP contribution < -0.4 is 4.90 Å². The molecule has 0 aliphatic carbocycles. The predicted octanol–water partition coefficient (Wildman–Crippen LogP) is 3.15. The summed E-state index contributed by atoms with van der Waals surface area (Å²) in [5.41, 5.74) is 0.441. The van der Waals surface area contributed by atoms with Gasteiger partial charge in [0.2, 0.25) is 5.82 Å². The fraction of sp³-hybridized carbons (Fsp3) is 0.167. The molecular formula is C12H10BrN3O4S. The summed E-state index contributed by atoms with van der Waals surface area (Å²) < 4.78 is 0.967. The summed E-state index contributed by atoms with van der Waals surface area (Å²) in [6, 6.07) is 2.93. The molecule has 2 aromatic heterocycles. The molecule has 0 unspecified atom stereocenters. The molecule has 0 saturated carbocycles. The van der Waals surface area contributed by atoms with Crippen molar-refractivity contribution in [2.45, 2.75) is 6.54 Å². The van der Waals surface area contributed by atoms with Crippen molar-refractivity contribution < 1.29 is 14.8 Å². The Morgan fingerprint density at radius 3 is 2.81 bits per heavy atom. The number of nitrogens with zero attached hydrogens (tertiary/aromatic N) is 3. The Bertz CT molecular complexity index is 704. The van der Waals surface area contributed by atoms with E-state index in [1.54, 1.807) is 11.9 Å². The molecule has 0 atom stereocenters. The molecule has 110 valence electrons. The molecule has 2 heterocycles. The van der Waals surface area contributed by atoms with Gasteiger partial charge in [-0.2, -0.15) is 0 Å². The number of nitro groups is 1. The molecule has 0 aromatic carbocycles. The van der Waals surface area contributed by atoms with Crippen molar-refractivity contribution >= 4 is 44.7 Å². The Kier molecular flexibility index (Phi) is 4.53. The standard InChI is InChI=1S/C12H10BrN3O4S/c1-15(5-7-2-10(13)21-6-7)11-9(16(19)20)3-8(4-14-11)12(17)18/h2-4,6H,5H2,1H3,(H,17,18). The summed E-state index contributed by atoms with van der Waals surface area (Å²) in [5.74, 6) is -1.12. The normalized spacial score (nSPS) is 10.4. The van der Waals surface area contributed by atoms with Gasteiger partial charge in [0.05, 0.1) is 14.3 Å². The molecule has 1 N–H and O–H groups in total. The minimum absolute atomic E-state index is 0.132. The lowest BCUT2D eigenvalue weighted by atomic mass is 10.2. The van der Waals surface area contributed by atoms with Crippen LogP contribution in [0.5, 0.6) is 0 Å². The minimum Gasteiger partial charge on any atom is -0.478 e. The fourth-order valence-electron chi connectivity index (χ4n) is 1.77. The van der Waals surface area contributed by atoms with E-state index in [9.17, 15) is 14.9 Å². The Balaban J connectivity index is 2.33. The zero-order chi connectivity index (χ0) is 15.6. The lowest BCUT2D eigenvalue weighted by molar-refractivity contribution is -0.384. The van der Waals surface area contributed by atoms with Crippen LogP contribution in [0.1, 0.15) is 15.9 Å². The topological polar surface area (TPSA) is 96.6 Å². The van der Waals surface area contributed by atoms with Crippen molar-refractivity contribution in [3.05, 3.63) is 48.7 Å². The number of thiophene rings is 1. The molecule has 2 aromatic rings. The molecule has 9 heteroatoms. The number of aromatic carboxylic acids is 1. The first kappa shape index (κ1) is 15.4. The molecule has 0 radical (unpaired) electrons. The van der Waals surface area contributed by atoms with Crippen molar-refractivity contribution in [3.63, 3.8) is 0 Å². The van der Waals surface area contributed by atoms with Crippen LogP contribution in [0.4, 0.5) is 11.5 Å². The molecule has 0 bridgehead atoms. The summed E-state index contributed by atoms with van der Waals surface area (Å²) in [6.07, 6.45) is 1.12. The molecule has 2 rings (SSSR count). The largest absolute Gasteiger partial charge is 0.478 e. The summed E-state index contributed by atoms with van der Waals surface area (Å²) in [5, 5.41) is 21.9. The van der Waals surface area contributed by atoms with E-state index < -0.39 is 10.9 Å². The summed E-state index contributed by atoms with van der Waals surface area (Å²) in [7, 11) is 1.67. The zero-order valence-corrected chi connectivity index (χ0v) is 13.2. The highest BCUT2D eigenvalue weighted by molar-refractivity contribution is 9.11. The fourth-order valence-corrected chi connectivity index (χ4v) is 2.97. The predicted molar refractivity (Wildman–Crippen MR) is 82.0 cm³/mol. The second kappa shape index (κ2) is 6.19. The van der Waals surface area contributed by atoms with Gasteiger partial charge in [-0.25, -0.2) is 9.78 Å². The van der Waals surface area contributed by atoms with Gasteiger partial charge in [-0.15, -0.1) is 11.3 Å². The SMILES string of the molecule is CN(Cc1csc(Br)c1)c1ncc(C(=O)O)cc1[N+](=O)[O-]. The van der Waals surface area contributed by atoms with Crippen molar-refractivity contribution in [3.8, 4) is 0 Å². The van der Waals surface area contributed by atoms with Crippen LogP contribution in [0.2, 0.25) is 0 Å². The van der Waals surface area contributed by atoms with Crippen molar-refractivity contribution in [1.82, 2.24) is 4.98 Å². The number of pyridine rings is 1. The first-order valence-electron chi connectivity index (χ1n) is 5.70. The van der Waals surface area contributed by atoms with Gasteiger partial charge in [0.1, 0.15) is 0 Å². The van der Waals surface area contributed by atoms with Crippen molar-refractivity contribution in [2.24, 2.45) is 0 Å². The number of rotatable bonds is 5. The van der Waals surface area contributed by atoms with Crippen LogP contribution >= 0.6 is 27.3 Å². The third kappa shape index (κ3) is 3.56. The highest BCUT2D eigenvalue weighted by Gasteiger charge is 2.22. The van der Waals surface area contributed by atoms with Gasteiger partial charge in [0.15, 0.2) is 0 Å². The van der Waals surface area contributed by atoms with Crippen molar-refractivity contribution in [1.29, 1.82) is 0 Å². The number of hydrogen-bond donors (Lipinski definition) is 1. The number of anilines is 1. The summed E-state index contributed by atoms with van der Waals surface area (Å²) >= 11 is 4.87. The van der Waals surface area contributed by atoms with Gasteiger partial charge in [0.25, 0.3) is 0 Å². The highest BCUT2D eigenvalue weighted by Crippen LogP contribution is 2.28. The third-order valence-corrected chi connectivity index (χ3v) is 4.25. The van der Waals surface area contributed by atoms with E-state index in [1.807, 2.05) is 11.4 Å². The average Bonchev–Trinajstić information content (AvgIpc) is 2.83. The number of halogens is 1. The smallest absolute Gasteiger partial charge is 0.337 e. The van der Waals surface area contributed by atoms with Crippen LogP contribution in [0, 0.1) is 10.1 Å². The van der Waals surface area contributed by atoms with Crippen LogP contribution in [-0.4, -0.2) is 28.0 Å². The third-order valence-electron chi connectivity index (χ3n) is 2.69. The van der Waals surface area contributed by atoms with Crippen LogP contribution in [0.15, 0.2) is 27.5 Å². The maximum atomic E-state index is 11.1. The highest BCUT2D eigenvalue weighted by atomic mass is 79.9. The molecule has 7 nitrogen and oxygen atoms in total. The quantitative estimate of drug-likeness (QED) is 0.640. The van der Waals surface area contributed by atoms with E-state index >= 15 is 0 Å². The zero-order valence-electron chi connectivity index (χ0n) is 10.8. The number of carboxylic acid groups (broad SMARTS) is 1. The first-order valence-corrected chi connectivity index (χ1v) is 7.37. The second-order valence-electron chi connectivity index (χ2n) is 4.24. The van der Waals surface area contributed by atoms with Gasteiger partial charge in [-0.1, -0.05) is 0 Å². The van der Waals surface area contributed by atoms with Crippen LogP contribution in [-0.2, 0) is 6.54 Å². The monoisotopic (exact) mass is 371 g/mol. The van der Waals surface area contributed by atoms with E-state index in [4.69, 9.17) is 5.11 Å². The van der Waals surface area contributed by atoms with Gasteiger partial charge in [-0.3, -0.25) is 10.1 Å². The first-order chi connectivity index (χ1) is 9.88. The molecule has 0 fully saturated rings. The molecule has 0 spiro atoms. The minimum atomic E-state index is -1.25. The summed E-state index contributed by atoms with van der Waals surface area (Å²) in [4.78, 5) is 26.9. The van der Waals surface area contributed by atoms with Gasteiger partial charge >= 0.3 is 11.7 Å². The Morgan fingerprint density at radius 1 is 1.57 bits per heavy atom. The Morgan fingerprint density at radius 2 is 2.29 bits per heavy atom. The van der Waals surface area contributed by atoms with E-state index in [0.717, 1.165) is 21.6 Å². The Labute approximate surface area is 132 Å². The molecule has 21 heavy (non-hydrogen) atoms. The van der Waals surface area contributed by atoms with E-state index in [2.05, 4.69) is 20.9 Å². The second-order valence-corrected chi connectivity index (χ2v) is 6.53. The van der Waals surface area contributed by atoms with Gasteiger partial charge in [-0.05, 0) is 32.9 Å². The number of carboxylic acids is 1. The van der Waals surface area contributed by atoms with Crippen LogP contribution in [0.3, 0.4) is 0 Å². The number of carbonyl (C=O) groups is 1. The lowest BCUT2D eigenvalue weighted by Gasteiger charge is -2.17. The Hall–Kier alpha value is -2.00. The molecule has 0 amide bonds. The maximum absolute atomic E-state index is 11.1. The van der Waals surface area contributed by atoms with Gasteiger partial charge < -0.3 is 10.0 Å². The van der Waals surface area contributed by atoms with Crippen LogP contribution in [0.25, 0.3) is 0 Å². The number of aromatic nitrogens is 1. The number of hydrogen-bond acceptors (Lipinski definition) is 6. The van der Waals surface area contributed by atoms with E-state index in [1.165, 1.54) is 11.3 Å². The maximum Gasteiger partial charge on any atom is 0.337 e. The lowest BCUT2D eigenvalue weighted by Crippen LogP contribution is -2.19. The van der Waals surface area contributed by atoms with Crippen molar-refractivity contribution in [2.75, 3.05) is 11.9 Å². The summed E-state index contributed by atoms with van der Waals surface area (Å²) in [6.45, 7) is 0.433.